The number of rotatable bonds is 6. The molecule has 0 saturated carbocycles. The van der Waals surface area contributed by atoms with Crippen molar-refractivity contribution in [3.8, 4) is 11.5 Å². The molecule has 1 N–H and O–H groups in total. The Balaban J connectivity index is 2.08. The summed E-state index contributed by atoms with van der Waals surface area (Å²) < 4.78 is 11.0. The van der Waals surface area contributed by atoms with Crippen LogP contribution >= 0.6 is 0 Å². The van der Waals surface area contributed by atoms with Crippen LogP contribution in [0.2, 0.25) is 0 Å². The number of nitrogens with zero attached hydrogens (tertiary/aromatic N) is 1. The van der Waals surface area contributed by atoms with E-state index in [-0.39, 0.29) is 6.10 Å². The van der Waals surface area contributed by atoms with Gasteiger partial charge in [-0.1, -0.05) is 17.7 Å². The molecule has 0 bridgehead atoms. The quantitative estimate of drug-likeness (QED) is 0.641. The first-order chi connectivity index (χ1) is 10.6. The summed E-state index contributed by atoms with van der Waals surface area (Å²) in [5.74, 6) is 1.44. The third-order valence-corrected chi connectivity index (χ3v) is 3.01. The molecule has 22 heavy (non-hydrogen) atoms. The van der Waals surface area contributed by atoms with Gasteiger partial charge in [-0.25, -0.2) is 0 Å². The summed E-state index contributed by atoms with van der Waals surface area (Å²) in [6, 6.07) is 13.8. The Morgan fingerprint density at radius 3 is 2.41 bits per heavy atom. The van der Waals surface area contributed by atoms with Crippen LogP contribution in [0.1, 0.15) is 25.0 Å². The summed E-state index contributed by atoms with van der Waals surface area (Å²) in [5.41, 5.74) is 6.12. The topological polar surface area (TPSA) is 42.8 Å². The molecule has 0 unspecified atom stereocenters. The number of aryl methyl sites for hydroxylation is 1. The first-order valence-electron chi connectivity index (χ1n) is 7.29. The van der Waals surface area contributed by atoms with Crippen LogP contribution in [0.5, 0.6) is 11.5 Å². The van der Waals surface area contributed by atoms with Gasteiger partial charge in [-0.15, -0.1) is 0 Å². The number of hydrogen-bond acceptors (Lipinski definition) is 4. The summed E-state index contributed by atoms with van der Waals surface area (Å²) in [5, 5.41) is 4.25. The lowest BCUT2D eigenvalue weighted by molar-refractivity contribution is 0.230. The Labute approximate surface area is 131 Å². The third-order valence-electron chi connectivity index (χ3n) is 3.01. The predicted octanol–water partition coefficient (Wildman–Crippen LogP) is 4.24. The minimum Gasteiger partial charge on any atom is -0.493 e. The molecule has 0 aliphatic rings. The number of hydrogen-bond donors (Lipinski definition) is 1. The molecule has 0 saturated heterocycles. The molecule has 4 nitrogen and oxygen atoms in total. The van der Waals surface area contributed by atoms with Crippen molar-refractivity contribution >= 4 is 11.9 Å². The van der Waals surface area contributed by atoms with E-state index in [4.69, 9.17) is 9.47 Å². The molecule has 0 amide bonds. The molecule has 0 radical (unpaired) electrons. The maximum Gasteiger partial charge on any atom is 0.162 e. The summed E-state index contributed by atoms with van der Waals surface area (Å²) >= 11 is 0. The average Bonchev–Trinajstić information content (AvgIpc) is 2.49. The Morgan fingerprint density at radius 1 is 1.05 bits per heavy atom. The molecule has 0 aliphatic heterocycles. The van der Waals surface area contributed by atoms with Gasteiger partial charge in [-0.3, -0.25) is 5.43 Å². The molecule has 2 rings (SSSR count). The highest BCUT2D eigenvalue weighted by atomic mass is 16.5. The highest BCUT2D eigenvalue weighted by Gasteiger charge is 2.06. The number of anilines is 1. The molecule has 0 atom stereocenters. The van der Waals surface area contributed by atoms with Crippen LogP contribution in [0.3, 0.4) is 0 Å². The van der Waals surface area contributed by atoms with E-state index in [1.807, 2.05) is 56.3 Å². The van der Waals surface area contributed by atoms with Gasteiger partial charge in [0.25, 0.3) is 0 Å². The molecule has 0 spiro atoms. The number of nitrogens with one attached hydrogen (secondary N) is 1. The van der Waals surface area contributed by atoms with E-state index in [1.165, 1.54) is 5.56 Å². The molecule has 0 aromatic heterocycles. The number of ether oxygens (including phenoxy) is 2. The van der Waals surface area contributed by atoms with E-state index < -0.39 is 0 Å². The highest BCUT2D eigenvalue weighted by molar-refractivity contribution is 5.81. The summed E-state index contributed by atoms with van der Waals surface area (Å²) in [7, 11) is 1.63. The summed E-state index contributed by atoms with van der Waals surface area (Å²) in [4.78, 5) is 0. The van der Waals surface area contributed by atoms with Gasteiger partial charge in [0.1, 0.15) is 0 Å². The fourth-order valence-electron chi connectivity index (χ4n) is 1.93. The van der Waals surface area contributed by atoms with Crippen molar-refractivity contribution in [2.75, 3.05) is 12.5 Å². The van der Waals surface area contributed by atoms with Crippen LogP contribution in [0.15, 0.2) is 47.6 Å². The number of hydrazone groups is 1. The first kappa shape index (κ1) is 15.9. The van der Waals surface area contributed by atoms with Crippen LogP contribution in [0.25, 0.3) is 0 Å². The van der Waals surface area contributed by atoms with Crippen molar-refractivity contribution in [1.82, 2.24) is 0 Å². The Kier molecular flexibility index (Phi) is 5.42. The van der Waals surface area contributed by atoms with Gasteiger partial charge in [0.05, 0.1) is 25.1 Å². The number of methoxy groups -OCH3 is 1. The highest BCUT2D eigenvalue weighted by Crippen LogP contribution is 2.28. The zero-order chi connectivity index (χ0) is 15.9. The average molecular weight is 298 g/mol. The van der Waals surface area contributed by atoms with Crippen LogP contribution in [0.4, 0.5) is 5.69 Å². The van der Waals surface area contributed by atoms with Gasteiger partial charge in [-0.05, 0) is 56.7 Å². The molecule has 116 valence electrons. The van der Waals surface area contributed by atoms with Crippen molar-refractivity contribution in [1.29, 1.82) is 0 Å². The number of benzene rings is 2. The van der Waals surface area contributed by atoms with Crippen molar-refractivity contribution in [2.45, 2.75) is 26.9 Å². The van der Waals surface area contributed by atoms with E-state index in [0.717, 1.165) is 22.7 Å². The lowest BCUT2D eigenvalue weighted by Crippen LogP contribution is -2.07. The van der Waals surface area contributed by atoms with Crippen LogP contribution in [0, 0.1) is 6.92 Å². The molecule has 0 fully saturated rings. The maximum atomic E-state index is 5.75. The molecule has 2 aromatic rings. The molecule has 0 heterocycles. The standard InChI is InChI=1S/C18H22N2O2/c1-13(2)22-18-11-15(7-10-17(18)21-4)12-19-20-16-8-5-14(3)6-9-16/h5-13,20H,1-4H3/b19-12+. The van der Waals surface area contributed by atoms with E-state index in [2.05, 4.69) is 17.5 Å². The minimum absolute atomic E-state index is 0.0896. The second-order valence-corrected chi connectivity index (χ2v) is 5.31. The second-order valence-electron chi connectivity index (χ2n) is 5.31. The van der Waals surface area contributed by atoms with E-state index in [9.17, 15) is 0 Å². The van der Waals surface area contributed by atoms with Gasteiger partial charge in [0, 0.05) is 0 Å². The van der Waals surface area contributed by atoms with Gasteiger partial charge in [0.15, 0.2) is 11.5 Å². The van der Waals surface area contributed by atoms with E-state index in [1.54, 1.807) is 13.3 Å². The van der Waals surface area contributed by atoms with Crippen LogP contribution < -0.4 is 14.9 Å². The van der Waals surface area contributed by atoms with Gasteiger partial charge in [-0.2, -0.15) is 5.10 Å². The third kappa shape index (κ3) is 4.52. The lowest BCUT2D eigenvalue weighted by Gasteiger charge is -2.13. The monoisotopic (exact) mass is 298 g/mol. The molecule has 4 heteroatoms. The van der Waals surface area contributed by atoms with Crippen molar-refractivity contribution in [3.63, 3.8) is 0 Å². The Morgan fingerprint density at radius 2 is 1.77 bits per heavy atom. The largest absolute Gasteiger partial charge is 0.493 e. The second kappa shape index (κ2) is 7.50. The predicted molar refractivity (Wildman–Crippen MR) is 91.2 cm³/mol. The first-order valence-corrected chi connectivity index (χ1v) is 7.29. The van der Waals surface area contributed by atoms with Gasteiger partial charge in [0.2, 0.25) is 0 Å². The molecular formula is C18H22N2O2. The van der Waals surface area contributed by atoms with Crippen molar-refractivity contribution in [2.24, 2.45) is 5.10 Å². The fourth-order valence-corrected chi connectivity index (χ4v) is 1.93. The van der Waals surface area contributed by atoms with E-state index >= 15 is 0 Å². The van der Waals surface area contributed by atoms with Crippen LogP contribution in [-0.4, -0.2) is 19.4 Å². The Bertz CT molecular complexity index is 634. The maximum absolute atomic E-state index is 5.75. The fraction of sp³-hybridized carbons (Fsp3) is 0.278. The minimum atomic E-state index is 0.0896. The zero-order valence-corrected chi connectivity index (χ0v) is 13.5. The van der Waals surface area contributed by atoms with E-state index in [0.29, 0.717) is 0 Å². The van der Waals surface area contributed by atoms with Gasteiger partial charge >= 0.3 is 0 Å². The summed E-state index contributed by atoms with van der Waals surface area (Å²) in [6.07, 6.45) is 1.85. The SMILES string of the molecule is COc1ccc(/C=N/Nc2ccc(C)cc2)cc1OC(C)C. The molecule has 0 aliphatic carbocycles. The zero-order valence-electron chi connectivity index (χ0n) is 13.5. The van der Waals surface area contributed by atoms with Gasteiger partial charge < -0.3 is 9.47 Å². The van der Waals surface area contributed by atoms with Crippen molar-refractivity contribution < 1.29 is 9.47 Å². The van der Waals surface area contributed by atoms with Crippen molar-refractivity contribution in [3.05, 3.63) is 53.6 Å². The molecule has 2 aromatic carbocycles. The molecular weight excluding hydrogens is 276 g/mol. The Hall–Kier alpha value is -2.49. The normalized spacial score (nSPS) is 11.0. The van der Waals surface area contributed by atoms with Crippen LogP contribution in [-0.2, 0) is 0 Å². The smallest absolute Gasteiger partial charge is 0.162 e. The lowest BCUT2D eigenvalue weighted by atomic mass is 10.2. The summed E-state index contributed by atoms with van der Waals surface area (Å²) in [6.45, 7) is 6.03.